The molecule has 1 aliphatic rings. The first-order valence-corrected chi connectivity index (χ1v) is 8.68. The van der Waals surface area contributed by atoms with E-state index in [0.29, 0.717) is 17.8 Å². The van der Waals surface area contributed by atoms with Crippen molar-refractivity contribution in [1.29, 1.82) is 0 Å². The quantitative estimate of drug-likeness (QED) is 0.703. The first-order chi connectivity index (χ1) is 11.7. The minimum absolute atomic E-state index is 0.0829. The lowest BCUT2D eigenvalue weighted by molar-refractivity contribution is 0.0695. The zero-order valence-corrected chi connectivity index (χ0v) is 13.6. The highest BCUT2D eigenvalue weighted by Crippen LogP contribution is 2.35. The number of amides is 1. The van der Waals surface area contributed by atoms with E-state index in [1.165, 1.54) is 17.0 Å². The average molecular weight is 342 g/mol. The predicted octanol–water partition coefficient (Wildman–Crippen LogP) is 4.52. The van der Waals surface area contributed by atoms with Crippen molar-refractivity contribution in [1.82, 2.24) is 10.1 Å². The van der Waals surface area contributed by atoms with Gasteiger partial charge in [-0.3, -0.25) is 4.79 Å². The SMILES string of the molecule is O=C(c1cc(-c2ccccc2F)no1)N1CCC[C@H]1c1cccs1. The van der Waals surface area contributed by atoms with Crippen molar-refractivity contribution in [2.45, 2.75) is 18.9 Å². The second kappa shape index (κ2) is 6.20. The van der Waals surface area contributed by atoms with Crippen molar-refractivity contribution in [3.63, 3.8) is 0 Å². The van der Waals surface area contributed by atoms with Crippen LogP contribution in [0.1, 0.15) is 34.3 Å². The van der Waals surface area contributed by atoms with Gasteiger partial charge in [-0.05, 0) is 36.4 Å². The van der Waals surface area contributed by atoms with E-state index in [2.05, 4.69) is 5.16 Å². The molecule has 1 atom stereocenters. The minimum Gasteiger partial charge on any atom is -0.350 e. The molecule has 0 N–H and O–H groups in total. The Kier molecular flexibility index (Phi) is 3.90. The molecule has 1 aromatic carbocycles. The van der Waals surface area contributed by atoms with Crippen LogP contribution in [0.4, 0.5) is 4.39 Å². The number of carbonyl (C=O) groups excluding carboxylic acids is 1. The van der Waals surface area contributed by atoms with Crippen LogP contribution in [0.25, 0.3) is 11.3 Å². The summed E-state index contributed by atoms with van der Waals surface area (Å²) in [6, 6.07) is 12.0. The van der Waals surface area contributed by atoms with Crippen molar-refractivity contribution in [2.24, 2.45) is 0 Å². The Morgan fingerprint density at radius 2 is 2.17 bits per heavy atom. The van der Waals surface area contributed by atoms with Crippen molar-refractivity contribution >= 4 is 17.2 Å². The number of hydrogen-bond donors (Lipinski definition) is 0. The lowest BCUT2D eigenvalue weighted by atomic mass is 10.1. The molecule has 4 rings (SSSR count). The van der Waals surface area contributed by atoms with Gasteiger partial charge in [-0.2, -0.15) is 0 Å². The zero-order chi connectivity index (χ0) is 16.5. The van der Waals surface area contributed by atoms with Gasteiger partial charge in [-0.1, -0.05) is 23.4 Å². The van der Waals surface area contributed by atoms with E-state index in [9.17, 15) is 9.18 Å². The van der Waals surface area contributed by atoms with Crippen molar-refractivity contribution in [3.8, 4) is 11.3 Å². The molecule has 122 valence electrons. The molecule has 24 heavy (non-hydrogen) atoms. The van der Waals surface area contributed by atoms with Crippen LogP contribution < -0.4 is 0 Å². The van der Waals surface area contributed by atoms with Gasteiger partial charge >= 0.3 is 0 Å². The summed E-state index contributed by atoms with van der Waals surface area (Å²) < 4.78 is 19.1. The monoisotopic (exact) mass is 342 g/mol. The fourth-order valence-electron chi connectivity index (χ4n) is 3.10. The lowest BCUT2D eigenvalue weighted by Crippen LogP contribution is -2.29. The molecule has 0 radical (unpaired) electrons. The lowest BCUT2D eigenvalue weighted by Gasteiger charge is -2.22. The fraction of sp³-hybridized carbons (Fsp3) is 0.222. The van der Waals surface area contributed by atoms with Gasteiger partial charge < -0.3 is 9.42 Å². The van der Waals surface area contributed by atoms with Crippen LogP contribution in [0.3, 0.4) is 0 Å². The first-order valence-electron chi connectivity index (χ1n) is 7.80. The maximum atomic E-state index is 13.9. The minimum atomic E-state index is -0.387. The average Bonchev–Trinajstić information content (AvgIpc) is 3.34. The van der Waals surface area contributed by atoms with Gasteiger partial charge in [0.25, 0.3) is 5.91 Å². The summed E-state index contributed by atoms with van der Waals surface area (Å²) in [6.45, 7) is 0.692. The number of likely N-dealkylation sites (tertiary alicyclic amines) is 1. The van der Waals surface area contributed by atoms with Gasteiger partial charge in [-0.25, -0.2) is 4.39 Å². The normalized spacial score (nSPS) is 17.4. The van der Waals surface area contributed by atoms with Crippen LogP contribution in [0.2, 0.25) is 0 Å². The number of carbonyl (C=O) groups is 1. The maximum absolute atomic E-state index is 13.9. The Bertz CT molecular complexity index is 860. The Hall–Kier alpha value is -2.47. The second-order valence-corrected chi connectivity index (χ2v) is 6.71. The van der Waals surface area contributed by atoms with Crippen LogP contribution in [-0.2, 0) is 0 Å². The van der Waals surface area contributed by atoms with E-state index in [1.54, 1.807) is 29.5 Å². The number of hydrogen-bond acceptors (Lipinski definition) is 4. The Morgan fingerprint density at radius 1 is 1.29 bits per heavy atom. The third kappa shape index (κ3) is 2.63. The van der Waals surface area contributed by atoms with Crippen LogP contribution in [0.15, 0.2) is 52.4 Å². The van der Waals surface area contributed by atoms with Gasteiger partial charge in [0.15, 0.2) is 0 Å². The third-order valence-electron chi connectivity index (χ3n) is 4.26. The molecule has 1 fully saturated rings. The smallest absolute Gasteiger partial charge is 0.293 e. The largest absolute Gasteiger partial charge is 0.350 e. The zero-order valence-electron chi connectivity index (χ0n) is 12.8. The molecular weight excluding hydrogens is 327 g/mol. The molecule has 0 aliphatic carbocycles. The standard InChI is InChI=1S/C18H15FN2O2S/c19-13-6-2-1-5-12(13)14-11-16(23-20-14)18(22)21-9-3-7-15(21)17-8-4-10-24-17/h1-2,4-6,8,10-11,15H,3,7,9H2/t15-/m0/s1. The molecule has 0 spiro atoms. The number of aromatic nitrogens is 1. The topological polar surface area (TPSA) is 46.3 Å². The van der Waals surface area contributed by atoms with E-state index in [-0.39, 0.29) is 23.5 Å². The molecule has 1 amide bonds. The summed E-state index contributed by atoms with van der Waals surface area (Å²) in [5.41, 5.74) is 0.667. The maximum Gasteiger partial charge on any atom is 0.293 e. The van der Waals surface area contributed by atoms with E-state index in [0.717, 1.165) is 12.8 Å². The number of halogens is 1. The van der Waals surface area contributed by atoms with Crippen LogP contribution in [0, 0.1) is 5.82 Å². The van der Waals surface area contributed by atoms with Gasteiger partial charge in [0, 0.05) is 23.1 Å². The van der Waals surface area contributed by atoms with Crippen molar-refractivity contribution in [3.05, 3.63) is 64.3 Å². The molecular formula is C18H15FN2O2S. The van der Waals surface area contributed by atoms with E-state index < -0.39 is 0 Å². The van der Waals surface area contributed by atoms with Gasteiger partial charge in [0.1, 0.15) is 11.5 Å². The van der Waals surface area contributed by atoms with Crippen LogP contribution in [0.5, 0.6) is 0 Å². The molecule has 3 heterocycles. The number of benzene rings is 1. The third-order valence-corrected chi connectivity index (χ3v) is 5.23. The molecule has 2 aromatic heterocycles. The molecule has 4 nitrogen and oxygen atoms in total. The molecule has 0 unspecified atom stereocenters. The molecule has 0 saturated carbocycles. The number of nitrogens with zero attached hydrogens (tertiary/aromatic N) is 2. The van der Waals surface area contributed by atoms with Crippen molar-refractivity contribution < 1.29 is 13.7 Å². The van der Waals surface area contributed by atoms with E-state index in [4.69, 9.17) is 4.52 Å². The van der Waals surface area contributed by atoms with Gasteiger partial charge in [0.2, 0.25) is 5.76 Å². The summed E-state index contributed by atoms with van der Waals surface area (Å²) in [5, 5.41) is 5.88. The molecule has 0 bridgehead atoms. The van der Waals surface area contributed by atoms with E-state index >= 15 is 0 Å². The van der Waals surface area contributed by atoms with E-state index in [1.807, 2.05) is 22.4 Å². The highest BCUT2D eigenvalue weighted by Gasteiger charge is 2.33. The van der Waals surface area contributed by atoms with Gasteiger partial charge in [0.05, 0.1) is 6.04 Å². The molecule has 1 saturated heterocycles. The van der Waals surface area contributed by atoms with Gasteiger partial charge in [-0.15, -0.1) is 11.3 Å². The Balaban J connectivity index is 1.60. The Morgan fingerprint density at radius 3 is 2.96 bits per heavy atom. The molecule has 1 aliphatic heterocycles. The van der Waals surface area contributed by atoms with Crippen molar-refractivity contribution in [2.75, 3.05) is 6.54 Å². The highest BCUT2D eigenvalue weighted by molar-refractivity contribution is 7.10. The number of thiophene rings is 1. The summed E-state index contributed by atoms with van der Waals surface area (Å²) in [4.78, 5) is 15.8. The Labute approximate surface area is 142 Å². The summed E-state index contributed by atoms with van der Waals surface area (Å²) in [6.07, 6.45) is 1.91. The summed E-state index contributed by atoms with van der Waals surface area (Å²) >= 11 is 1.65. The first kappa shape index (κ1) is 15.1. The summed E-state index contributed by atoms with van der Waals surface area (Å²) in [7, 11) is 0. The molecule has 6 heteroatoms. The predicted molar refractivity (Wildman–Crippen MR) is 89.2 cm³/mol. The number of rotatable bonds is 3. The van der Waals surface area contributed by atoms with Crippen LogP contribution >= 0.6 is 11.3 Å². The summed E-state index contributed by atoms with van der Waals surface area (Å²) in [5.74, 6) is -0.430. The van der Waals surface area contributed by atoms with Crippen LogP contribution in [-0.4, -0.2) is 22.5 Å². The fourth-order valence-corrected chi connectivity index (χ4v) is 3.97. The molecule has 3 aromatic rings. The second-order valence-electron chi connectivity index (χ2n) is 5.73. The highest BCUT2D eigenvalue weighted by atomic mass is 32.1.